The van der Waals surface area contributed by atoms with Crippen LogP contribution in [-0.2, 0) is 4.79 Å². The molecule has 0 saturated heterocycles. The molecule has 0 aliphatic carbocycles. The second kappa shape index (κ2) is 9.25. The van der Waals surface area contributed by atoms with Crippen molar-refractivity contribution in [1.82, 2.24) is 15.3 Å². The highest BCUT2D eigenvalue weighted by Gasteiger charge is 2.18. The van der Waals surface area contributed by atoms with E-state index >= 15 is 0 Å². The maximum atomic E-state index is 11.3. The van der Waals surface area contributed by atoms with E-state index in [0.29, 0.717) is 11.7 Å². The molecule has 1 aromatic carbocycles. The van der Waals surface area contributed by atoms with E-state index in [2.05, 4.69) is 20.6 Å². The zero-order valence-electron chi connectivity index (χ0n) is 15.0. The third-order valence-electron chi connectivity index (χ3n) is 3.83. The van der Waals surface area contributed by atoms with E-state index in [9.17, 15) is 9.90 Å². The van der Waals surface area contributed by atoms with E-state index in [1.807, 2.05) is 29.6 Å². The molecule has 0 unspecified atom stereocenters. The fourth-order valence-electron chi connectivity index (χ4n) is 2.56. The number of methoxy groups -OCH3 is 1. The predicted molar refractivity (Wildman–Crippen MR) is 113 cm³/mol. The molecular formula is C19H18N4O3S2. The van der Waals surface area contributed by atoms with Gasteiger partial charge in [-0.15, -0.1) is 11.3 Å². The lowest BCUT2D eigenvalue weighted by Gasteiger charge is -2.20. The number of hydrogen-bond donors (Lipinski definition) is 3. The first-order chi connectivity index (χ1) is 13.5. The van der Waals surface area contributed by atoms with Gasteiger partial charge in [0.15, 0.2) is 5.11 Å². The summed E-state index contributed by atoms with van der Waals surface area (Å²) in [6.45, 7) is 0. The molecule has 0 saturated carbocycles. The molecule has 0 spiro atoms. The molecule has 144 valence electrons. The molecule has 1 atom stereocenters. The van der Waals surface area contributed by atoms with E-state index in [1.54, 1.807) is 42.8 Å². The van der Waals surface area contributed by atoms with Gasteiger partial charge in [0.1, 0.15) is 5.75 Å². The molecule has 0 fully saturated rings. The van der Waals surface area contributed by atoms with Gasteiger partial charge in [-0.2, -0.15) is 0 Å². The van der Waals surface area contributed by atoms with Gasteiger partial charge in [0.05, 0.1) is 30.1 Å². The Labute approximate surface area is 171 Å². The number of thiocarbonyl (C=S) groups is 1. The summed E-state index contributed by atoms with van der Waals surface area (Å²) < 4.78 is 5.22. The van der Waals surface area contributed by atoms with Gasteiger partial charge in [-0.3, -0.25) is 4.79 Å². The van der Waals surface area contributed by atoms with Gasteiger partial charge < -0.3 is 20.5 Å². The van der Waals surface area contributed by atoms with Crippen molar-refractivity contribution < 1.29 is 14.6 Å². The fraction of sp³-hybridized carbons (Fsp3) is 0.158. The molecule has 3 aromatic rings. The van der Waals surface area contributed by atoms with Crippen LogP contribution in [-0.4, -0.2) is 33.3 Å². The monoisotopic (exact) mass is 414 g/mol. The third kappa shape index (κ3) is 5.24. The number of anilines is 1. The Balaban J connectivity index is 1.73. The van der Waals surface area contributed by atoms with Gasteiger partial charge in [0.25, 0.3) is 0 Å². The maximum absolute atomic E-state index is 11.3. The van der Waals surface area contributed by atoms with Gasteiger partial charge in [-0.05, 0) is 47.4 Å². The van der Waals surface area contributed by atoms with E-state index in [0.717, 1.165) is 16.1 Å². The van der Waals surface area contributed by atoms with Crippen LogP contribution in [0.2, 0.25) is 0 Å². The average Bonchev–Trinajstić information content (AvgIpc) is 3.22. The number of carboxylic acids is 1. The Bertz CT molecular complexity index is 963. The molecule has 2 aromatic heterocycles. The predicted octanol–water partition coefficient (Wildman–Crippen LogP) is 3.72. The number of hydrogen-bond acceptors (Lipinski definition) is 6. The molecule has 9 heteroatoms. The smallest absolute Gasteiger partial charge is 0.305 e. The fourth-order valence-corrected chi connectivity index (χ4v) is 3.49. The van der Waals surface area contributed by atoms with Gasteiger partial charge in [0.2, 0.25) is 5.95 Å². The van der Waals surface area contributed by atoms with Gasteiger partial charge in [0, 0.05) is 6.20 Å². The molecule has 0 aliphatic rings. The number of nitrogens with one attached hydrogen (secondary N) is 2. The minimum Gasteiger partial charge on any atom is -0.497 e. The molecule has 0 bridgehead atoms. The summed E-state index contributed by atoms with van der Waals surface area (Å²) in [5, 5.41) is 17.4. The summed E-state index contributed by atoms with van der Waals surface area (Å²) in [6, 6.07) is 12.4. The quantitative estimate of drug-likeness (QED) is 0.504. The van der Waals surface area contributed by atoms with Crippen molar-refractivity contribution >= 4 is 40.6 Å². The summed E-state index contributed by atoms with van der Waals surface area (Å²) in [7, 11) is 1.56. The number of aromatic nitrogens is 2. The molecule has 3 N–H and O–H groups in total. The molecule has 0 aliphatic heterocycles. The van der Waals surface area contributed by atoms with Crippen LogP contribution in [0.1, 0.15) is 18.0 Å². The average molecular weight is 415 g/mol. The first kappa shape index (κ1) is 19.7. The lowest BCUT2D eigenvalue weighted by Crippen LogP contribution is -2.34. The first-order valence-electron chi connectivity index (χ1n) is 8.35. The number of benzene rings is 1. The number of nitrogens with zero attached hydrogens (tertiary/aromatic N) is 2. The van der Waals surface area contributed by atoms with E-state index < -0.39 is 12.0 Å². The number of aliphatic carboxylic acids is 1. The van der Waals surface area contributed by atoms with Crippen molar-refractivity contribution in [3.8, 4) is 16.3 Å². The lowest BCUT2D eigenvalue weighted by atomic mass is 10.0. The number of carboxylic acid groups (broad SMARTS) is 1. The normalized spacial score (nSPS) is 11.5. The molecule has 28 heavy (non-hydrogen) atoms. The molecular weight excluding hydrogens is 396 g/mol. The largest absolute Gasteiger partial charge is 0.497 e. The Hall–Kier alpha value is -3.04. The van der Waals surface area contributed by atoms with Gasteiger partial charge in [-0.25, -0.2) is 9.97 Å². The number of thiophene rings is 1. The van der Waals surface area contributed by atoms with Crippen LogP contribution in [0, 0.1) is 0 Å². The standard InChI is InChI=1S/C19H18N4O3S2/c1-26-13-5-2-4-12(10-13)15(11-17(24)25)22-19(27)23-18-20-8-7-14(21-18)16-6-3-9-28-16/h2-10,15H,11H2,1H3,(H,24,25)(H2,20,21,22,23,27)/t15-/m0/s1. The second-order valence-corrected chi connectivity index (χ2v) is 7.12. The van der Waals surface area contributed by atoms with Gasteiger partial charge in [-0.1, -0.05) is 18.2 Å². The molecule has 3 rings (SSSR count). The van der Waals surface area contributed by atoms with Crippen molar-refractivity contribution in [3.63, 3.8) is 0 Å². The van der Waals surface area contributed by atoms with Crippen LogP contribution >= 0.6 is 23.6 Å². The van der Waals surface area contributed by atoms with Crippen LogP contribution in [0.15, 0.2) is 54.0 Å². The lowest BCUT2D eigenvalue weighted by molar-refractivity contribution is -0.137. The van der Waals surface area contributed by atoms with Crippen molar-refractivity contribution in [2.45, 2.75) is 12.5 Å². The number of ether oxygens (including phenoxy) is 1. The van der Waals surface area contributed by atoms with Crippen LogP contribution in [0.5, 0.6) is 5.75 Å². The Morgan fingerprint density at radius 1 is 1.32 bits per heavy atom. The van der Waals surface area contributed by atoms with Crippen LogP contribution < -0.4 is 15.4 Å². The van der Waals surface area contributed by atoms with E-state index in [-0.39, 0.29) is 11.5 Å². The molecule has 2 heterocycles. The zero-order chi connectivity index (χ0) is 19.9. The molecule has 0 radical (unpaired) electrons. The number of carbonyl (C=O) groups is 1. The van der Waals surface area contributed by atoms with Crippen LogP contribution in [0.3, 0.4) is 0 Å². The maximum Gasteiger partial charge on any atom is 0.305 e. The van der Waals surface area contributed by atoms with Crippen molar-refractivity contribution in [3.05, 3.63) is 59.6 Å². The summed E-state index contributed by atoms with van der Waals surface area (Å²) >= 11 is 6.92. The number of rotatable bonds is 7. The highest BCUT2D eigenvalue weighted by Crippen LogP contribution is 2.24. The van der Waals surface area contributed by atoms with E-state index in [4.69, 9.17) is 17.0 Å². The summed E-state index contributed by atoms with van der Waals surface area (Å²) in [5.74, 6) is 0.0303. The zero-order valence-corrected chi connectivity index (χ0v) is 16.6. The van der Waals surface area contributed by atoms with Crippen molar-refractivity contribution in [2.75, 3.05) is 12.4 Å². The molecule has 7 nitrogen and oxygen atoms in total. The summed E-state index contributed by atoms with van der Waals surface area (Å²) in [4.78, 5) is 20.9. The highest BCUT2D eigenvalue weighted by atomic mass is 32.1. The van der Waals surface area contributed by atoms with Crippen molar-refractivity contribution in [2.24, 2.45) is 0 Å². The summed E-state index contributed by atoms with van der Waals surface area (Å²) in [6.07, 6.45) is 1.49. The Morgan fingerprint density at radius 2 is 2.18 bits per heavy atom. The minimum absolute atomic E-state index is 0.148. The second-order valence-electron chi connectivity index (χ2n) is 5.77. The van der Waals surface area contributed by atoms with Crippen molar-refractivity contribution in [1.29, 1.82) is 0 Å². The molecule has 0 amide bonds. The van der Waals surface area contributed by atoms with Crippen LogP contribution in [0.25, 0.3) is 10.6 Å². The van der Waals surface area contributed by atoms with Crippen LogP contribution in [0.4, 0.5) is 5.95 Å². The topological polar surface area (TPSA) is 96.4 Å². The Morgan fingerprint density at radius 3 is 2.89 bits per heavy atom. The Kier molecular flexibility index (Phi) is 6.51. The first-order valence-corrected chi connectivity index (χ1v) is 9.64. The highest BCUT2D eigenvalue weighted by molar-refractivity contribution is 7.80. The minimum atomic E-state index is -0.945. The summed E-state index contributed by atoms with van der Waals surface area (Å²) in [5.41, 5.74) is 1.53. The SMILES string of the molecule is COc1cccc([C@H](CC(=O)O)NC(=S)Nc2nccc(-c3cccs3)n2)c1. The van der Waals surface area contributed by atoms with Gasteiger partial charge >= 0.3 is 5.97 Å². The van der Waals surface area contributed by atoms with E-state index in [1.165, 1.54) is 0 Å². The third-order valence-corrected chi connectivity index (χ3v) is 4.95.